The van der Waals surface area contributed by atoms with Crippen LogP contribution in [-0.2, 0) is 4.79 Å². The third-order valence-corrected chi connectivity index (χ3v) is 3.26. The number of thiazole rings is 1. The Morgan fingerprint density at radius 2 is 2.50 bits per heavy atom. The highest BCUT2D eigenvalue weighted by molar-refractivity contribution is 7.13. The zero-order valence-corrected chi connectivity index (χ0v) is 8.54. The van der Waals surface area contributed by atoms with E-state index in [2.05, 4.69) is 4.98 Å². The van der Waals surface area contributed by atoms with E-state index in [-0.39, 0.29) is 6.04 Å². The maximum Gasteiger partial charge on any atom is 0.326 e. The van der Waals surface area contributed by atoms with E-state index in [0.717, 1.165) is 30.9 Å². The summed E-state index contributed by atoms with van der Waals surface area (Å²) < 4.78 is 0. The van der Waals surface area contributed by atoms with Crippen LogP contribution in [0.25, 0.3) is 0 Å². The monoisotopic (exact) mass is 212 g/mol. The van der Waals surface area contributed by atoms with Crippen molar-refractivity contribution < 1.29 is 9.90 Å². The van der Waals surface area contributed by atoms with Crippen molar-refractivity contribution >= 4 is 22.4 Å². The lowest BCUT2D eigenvalue weighted by Gasteiger charge is -2.32. The predicted octanol–water partition coefficient (Wildman–Crippen LogP) is 1.59. The van der Waals surface area contributed by atoms with Crippen molar-refractivity contribution in [3.8, 4) is 0 Å². The highest BCUT2D eigenvalue weighted by atomic mass is 32.1. The first kappa shape index (κ1) is 9.45. The summed E-state index contributed by atoms with van der Waals surface area (Å²) in [5.41, 5.74) is 0. The van der Waals surface area contributed by atoms with Gasteiger partial charge in [0.25, 0.3) is 0 Å². The Morgan fingerprint density at radius 1 is 1.64 bits per heavy atom. The van der Waals surface area contributed by atoms with Gasteiger partial charge in [-0.05, 0) is 19.3 Å². The first-order valence-corrected chi connectivity index (χ1v) is 5.56. The molecule has 1 fully saturated rings. The van der Waals surface area contributed by atoms with E-state index >= 15 is 0 Å². The molecule has 0 radical (unpaired) electrons. The number of carboxylic acids is 1. The molecule has 0 saturated carbocycles. The molecule has 1 aromatic heterocycles. The zero-order valence-electron chi connectivity index (χ0n) is 7.72. The van der Waals surface area contributed by atoms with Gasteiger partial charge in [-0.2, -0.15) is 0 Å². The fourth-order valence-corrected chi connectivity index (χ4v) is 2.49. The third-order valence-electron chi connectivity index (χ3n) is 2.45. The number of hydrogen-bond acceptors (Lipinski definition) is 4. The second-order valence-corrected chi connectivity index (χ2v) is 4.23. The minimum Gasteiger partial charge on any atom is -0.480 e. The lowest BCUT2D eigenvalue weighted by molar-refractivity contribution is -0.139. The number of carboxylic acid groups (broad SMARTS) is 1. The van der Waals surface area contributed by atoms with Crippen LogP contribution >= 0.6 is 11.3 Å². The maximum absolute atomic E-state index is 11.0. The lowest BCUT2D eigenvalue weighted by Crippen LogP contribution is -2.44. The SMILES string of the molecule is O=C(O)C1CCCCN1c1nccs1. The summed E-state index contributed by atoms with van der Waals surface area (Å²) in [4.78, 5) is 17.0. The molecule has 1 N–H and O–H groups in total. The molecule has 4 nitrogen and oxygen atoms in total. The van der Waals surface area contributed by atoms with Crippen molar-refractivity contribution in [1.29, 1.82) is 0 Å². The van der Waals surface area contributed by atoms with E-state index in [1.165, 1.54) is 11.3 Å². The van der Waals surface area contributed by atoms with Crippen LogP contribution in [0.4, 0.5) is 5.13 Å². The van der Waals surface area contributed by atoms with Gasteiger partial charge < -0.3 is 10.0 Å². The van der Waals surface area contributed by atoms with Crippen LogP contribution in [0, 0.1) is 0 Å². The van der Waals surface area contributed by atoms with E-state index in [9.17, 15) is 4.79 Å². The molecule has 1 saturated heterocycles. The average Bonchev–Trinajstić information content (AvgIpc) is 2.70. The van der Waals surface area contributed by atoms with Gasteiger partial charge in [-0.25, -0.2) is 9.78 Å². The molecule has 0 aliphatic carbocycles. The van der Waals surface area contributed by atoms with Crippen molar-refractivity contribution in [2.75, 3.05) is 11.4 Å². The average molecular weight is 212 g/mol. The molecule has 1 aliphatic rings. The quantitative estimate of drug-likeness (QED) is 0.808. The van der Waals surface area contributed by atoms with Gasteiger partial charge in [-0.1, -0.05) is 0 Å². The van der Waals surface area contributed by atoms with Gasteiger partial charge in [0.2, 0.25) is 0 Å². The molecule has 2 heterocycles. The van der Waals surface area contributed by atoms with E-state index in [4.69, 9.17) is 5.11 Å². The Kier molecular flexibility index (Phi) is 2.67. The number of nitrogens with zero attached hydrogens (tertiary/aromatic N) is 2. The first-order chi connectivity index (χ1) is 6.79. The molecule has 1 atom stereocenters. The number of aliphatic carboxylic acids is 1. The van der Waals surface area contributed by atoms with Crippen molar-refractivity contribution in [3.63, 3.8) is 0 Å². The summed E-state index contributed by atoms with van der Waals surface area (Å²) in [6.07, 6.45) is 4.50. The van der Waals surface area contributed by atoms with Gasteiger partial charge in [-0.3, -0.25) is 0 Å². The normalized spacial score (nSPS) is 22.3. The zero-order chi connectivity index (χ0) is 9.97. The smallest absolute Gasteiger partial charge is 0.326 e. The number of hydrogen-bond donors (Lipinski definition) is 1. The Morgan fingerprint density at radius 3 is 3.14 bits per heavy atom. The van der Waals surface area contributed by atoms with Crippen LogP contribution in [-0.4, -0.2) is 28.6 Å². The van der Waals surface area contributed by atoms with Gasteiger partial charge in [0.05, 0.1) is 0 Å². The molecule has 76 valence electrons. The van der Waals surface area contributed by atoms with Gasteiger partial charge >= 0.3 is 5.97 Å². The molecular formula is C9H12N2O2S. The fraction of sp³-hybridized carbons (Fsp3) is 0.556. The summed E-state index contributed by atoms with van der Waals surface area (Å²) in [7, 11) is 0. The molecular weight excluding hydrogens is 200 g/mol. The van der Waals surface area contributed by atoms with Gasteiger partial charge in [0.15, 0.2) is 5.13 Å². The molecule has 1 aliphatic heterocycles. The summed E-state index contributed by atoms with van der Waals surface area (Å²) in [5, 5.41) is 11.8. The molecule has 14 heavy (non-hydrogen) atoms. The van der Waals surface area contributed by atoms with Gasteiger partial charge in [-0.15, -0.1) is 11.3 Å². The van der Waals surface area contributed by atoms with Crippen LogP contribution in [0.5, 0.6) is 0 Å². The Labute approximate surface area is 86.2 Å². The molecule has 0 spiro atoms. The minimum absolute atomic E-state index is 0.380. The second-order valence-electron chi connectivity index (χ2n) is 3.36. The largest absolute Gasteiger partial charge is 0.480 e. The Bertz CT molecular complexity index is 313. The van der Waals surface area contributed by atoms with Crippen molar-refractivity contribution in [2.45, 2.75) is 25.3 Å². The van der Waals surface area contributed by atoms with Gasteiger partial charge in [0.1, 0.15) is 6.04 Å². The summed E-state index contributed by atoms with van der Waals surface area (Å²) in [6, 6.07) is -0.380. The van der Waals surface area contributed by atoms with Crippen molar-refractivity contribution in [3.05, 3.63) is 11.6 Å². The van der Waals surface area contributed by atoms with Crippen LogP contribution in [0.3, 0.4) is 0 Å². The molecule has 2 rings (SSSR count). The summed E-state index contributed by atoms with van der Waals surface area (Å²) in [5.74, 6) is -0.736. The second kappa shape index (κ2) is 3.96. The Balaban J connectivity index is 2.18. The number of aromatic nitrogens is 1. The molecule has 1 aromatic rings. The molecule has 0 bridgehead atoms. The highest BCUT2D eigenvalue weighted by Gasteiger charge is 2.29. The van der Waals surface area contributed by atoms with E-state index in [1.54, 1.807) is 6.20 Å². The third kappa shape index (κ3) is 1.72. The van der Waals surface area contributed by atoms with E-state index < -0.39 is 5.97 Å². The highest BCUT2D eigenvalue weighted by Crippen LogP contribution is 2.26. The maximum atomic E-state index is 11.0. The van der Waals surface area contributed by atoms with Crippen LogP contribution in [0.1, 0.15) is 19.3 Å². The van der Waals surface area contributed by atoms with Crippen molar-refractivity contribution in [1.82, 2.24) is 4.98 Å². The van der Waals surface area contributed by atoms with Gasteiger partial charge in [0, 0.05) is 18.1 Å². The fourth-order valence-electron chi connectivity index (χ4n) is 1.78. The van der Waals surface area contributed by atoms with Crippen LogP contribution in [0.2, 0.25) is 0 Å². The van der Waals surface area contributed by atoms with E-state index in [0.29, 0.717) is 0 Å². The number of piperidine rings is 1. The lowest BCUT2D eigenvalue weighted by atomic mass is 10.0. The van der Waals surface area contributed by atoms with Crippen LogP contribution < -0.4 is 4.90 Å². The molecule has 0 amide bonds. The van der Waals surface area contributed by atoms with E-state index in [1.807, 2.05) is 10.3 Å². The Hall–Kier alpha value is -1.10. The number of rotatable bonds is 2. The number of anilines is 1. The molecule has 5 heteroatoms. The predicted molar refractivity (Wildman–Crippen MR) is 54.7 cm³/mol. The number of carbonyl (C=O) groups is 1. The molecule has 1 unspecified atom stereocenters. The minimum atomic E-state index is -0.736. The molecule has 0 aromatic carbocycles. The summed E-state index contributed by atoms with van der Waals surface area (Å²) in [6.45, 7) is 0.810. The van der Waals surface area contributed by atoms with Crippen LogP contribution in [0.15, 0.2) is 11.6 Å². The first-order valence-electron chi connectivity index (χ1n) is 4.68. The topological polar surface area (TPSA) is 53.4 Å². The van der Waals surface area contributed by atoms with Crippen molar-refractivity contribution in [2.24, 2.45) is 0 Å². The standard InChI is InChI=1S/C9H12N2O2S/c12-8(13)7-3-1-2-5-11(7)9-10-4-6-14-9/h4,6-7H,1-3,5H2,(H,12,13). The summed E-state index contributed by atoms with van der Waals surface area (Å²) >= 11 is 1.50.